The maximum atomic E-state index is 12.4. The largest absolute Gasteiger partial charge is 0.351 e. The summed E-state index contributed by atoms with van der Waals surface area (Å²) in [4.78, 5) is 3.71. The van der Waals surface area contributed by atoms with Crippen LogP contribution in [0, 0.1) is 0 Å². The molecule has 0 bridgehead atoms. The summed E-state index contributed by atoms with van der Waals surface area (Å²) in [6.45, 7) is 4.29. The zero-order chi connectivity index (χ0) is 20.8. The molecule has 2 aromatic carbocycles. The zero-order valence-corrected chi connectivity index (χ0v) is 17.4. The van der Waals surface area contributed by atoms with E-state index in [1.165, 1.54) is 24.0 Å². The first-order chi connectivity index (χ1) is 13.8. The summed E-state index contributed by atoms with van der Waals surface area (Å²) in [7, 11) is -0.453. The van der Waals surface area contributed by atoms with E-state index in [-0.39, 0.29) is 7.75 Å². The molecule has 0 aliphatic carbocycles. The molecule has 0 fully saturated rings. The number of para-hydroxylation sites is 1. The Balaban J connectivity index is 0.00000171. The van der Waals surface area contributed by atoms with E-state index in [9.17, 15) is 8.42 Å². The lowest BCUT2D eigenvalue weighted by atomic mass is 9.97. The van der Waals surface area contributed by atoms with Crippen LogP contribution in [0.5, 0.6) is 0 Å². The number of fused-ring (bicyclic) bond motifs is 1. The summed E-state index contributed by atoms with van der Waals surface area (Å²) in [5.41, 5.74) is 4.73. The lowest BCUT2D eigenvalue weighted by Gasteiger charge is -2.12. The van der Waals surface area contributed by atoms with E-state index in [0.29, 0.717) is 11.7 Å². The van der Waals surface area contributed by atoms with E-state index >= 15 is 0 Å². The molecule has 0 radical (unpaired) electrons. The first-order valence-corrected chi connectivity index (χ1v) is 10.7. The van der Waals surface area contributed by atoms with Crippen molar-refractivity contribution in [2.24, 2.45) is 0 Å². The third kappa shape index (κ3) is 3.22. The molecular weight excluding hydrogens is 388 g/mol. The van der Waals surface area contributed by atoms with E-state index in [1.54, 1.807) is 12.1 Å². The average molecular weight is 415 g/mol. The standard InChI is InChI=1S/C20H22N6O2S.2H2/c1-12(2)15-6-5-7-16-17(19(21-18(15)16)20-22-24-25-23-20)13-8-10-14(11-9-13)29(27,28)26(3)4;;/h5-12,21H,1-4H3,(H,22,23,24,25);2*1H. The summed E-state index contributed by atoms with van der Waals surface area (Å²) in [5.74, 6) is 0.784. The average Bonchev–Trinajstić information content (AvgIpc) is 3.35. The molecule has 9 heteroatoms. The second-order valence-corrected chi connectivity index (χ2v) is 9.50. The molecule has 4 aromatic rings. The number of nitrogens with zero attached hydrogens (tertiary/aromatic N) is 4. The van der Waals surface area contributed by atoms with Crippen LogP contribution < -0.4 is 0 Å². The molecule has 0 amide bonds. The van der Waals surface area contributed by atoms with Crippen LogP contribution in [0.4, 0.5) is 0 Å². The number of sulfonamides is 1. The van der Waals surface area contributed by atoms with Crippen molar-refractivity contribution in [1.82, 2.24) is 29.9 Å². The molecule has 2 N–H and O–H groups in total. The highest BCUT2D eigenvalue weighted by Crippen LogP contribution is 2.39. The number of hydrogen-bond acceptors (Lipinski definition) is 5. The Labute approximate surface area is 172 Å². The summed E-state index contributed by atoms with van der Waals surface area (Å²) < 4.78 is 26.0. The Kier molecular flexibility index (Phi) is 4.71. The molecule has 8 nitrogen and oxygen atoms in total. The molecule has 0 atom stereocenters. The van der Waals surface area contributed by atoms with Crippen molar-refractivity contribution < 1.29 is 11.3 Å². The van der Waals surface area contributed by atoms with Gasteiger partial charge in [0, 0.05) is 27.9 Å². The van der Waals surface area contributed by atoms with Gasteiger partial charge in [0.25, 0.3) is 0 Å². The number of rotatable bonds is 5. The SMILES string of the molecule is CC(C)c1cccc2c(-c3ccc(S(=O)(=O)N(C)C)cc3)c(-c3nn[nH]n3)[nH]c12.[HH].[HH]. The molecule has 0 aliphatic heterocycles. The van der Waals surface area contributed by atoms with Gasteiger partial charge in [0.2, 0.25) is 15.8 Å². The Morgan fingerprint density at radius 2 is 1.79 bits per heavy atom. The van der Waals surface area contributed by atoms with Gasteiger partial charge in [0.15, 0.2) is 0 Å². The second-order valence-electron chi connectivity index (χ2n) is 7.35. The number of H-pyrrole nitrogens is 2. The molecule has 0 saturated heterocycles. The van der Waals surface area contributed by atoms with E-state index in [1.807, 2.05) is 24.3 Å². The van der Waals surface area contributed by atoms with Crippen LogP contribution in [0.2, 0.25) is 0 Å². The van der Waals surface area contributed by atoms with Gasteiger partial charge in [-0.15, -0.1) is 10.2 Å². The van der Waals surface area contributed by atoms with Crippen LogP contribution in [0.3, 0.4) is 0 Å². The highest BCUT2D eigenvalue weighted by atomic mass is 32.2. The van der Waals surface area contributed by atoms with Crippen molar-refractivity contribution in [3.05, 3.63) is 48.0 Å². The Morgan fingerprint density at radius 1 is 1.07 bits per heavy atom. The molecule has 0 spiro atoms. The molecule has 4 rings (SSSR count). The molecular formula is C20H26N6O2S. The highest BCUT2D eigenvalue weighted by molar-refractivity contribution is 7.89. The maximum absolute atomic E-state index is 12.4. The number of benzene rings is 2. The van der Waals surface area contributed by atoms with Crippen LogP contribution in [0.15, 0.2) is 47.4 Å². The lowest BCUT2D eigenvalue weighted by molar-refractivity contribution is 0.521. The lowest BCUT2D eigenvalue weighted by Crippen LogP contribution is -2.22. The van der Waals surface area contributed by atoms with Crippen LogP contribution >= 0.6 is 0 Å². The van der Waals surface area contributed by atoms with Gasteiger partial charge in [-0.1, -0.05) is 44.2 Å². The number of aromatic nitrogens is 5. The zero-order valence-electron chi connectivity index (χ0n) is 16.6. The van der Waals surface area contributed by atoms with Crippen molar-refractivity contribution in [1.29, 1.82) is 0 Å². The molecule has 0 unspecified atom stereocenters. The fraction of sp³-hybridized carbons (Fsp3) is 0.250. The predicted octanol–water partition coefficient (Wildman–Crippen LogP) is 3.88. The normalized spacial score (nSPS) is 12.3. The minimum Gasteiger partial charge on any atom is -0.351 e. The van der Waals surface area contributed by atoms with E-state index in [0.717, 1.165) is 27.7 Å². The Bertz CT molecular complexity index is 1270. The van der Waals surface area contributed by atoms with Gasteiger partial charge in [0.1, 0.15) is 0 Å². The van der Waals surface area contributed by atoms with Crippen LogP contribution in [-0.4, -0.2) is 52.4 Å². The summed E-state index contributed by atoms with van der Waals surface area (Å²) >= 11 is 0. The number of hydrogen-bond donors (Lipinski definition) is 2. The monoisotopic (exact) mass is 414 g/mol. The number of aromatic amines is 2. The fourth-order valence-corrected chi connectivity index (χ4v) is 4.36. The van der Waals surface area contributed by atoms with Crippen molar-refractivity contribution >= 4 is 20.9 Å². The third-order valence-corrected chi connectivity index (χ3v) is 6.81. The van der Waals surface area contributed by atoms with Crippen LogP contribution in [0.25, 0.3) is 33.5 Å². The first kappa shape index (κ1) is 19.3. The highest BCUT2D eigenvalue weighted by Gasteiger charge is 2.22. The van der Waals surface area contributed by atoms with Crippen molar-refractivity contribution in [3.8, 4) is 22.6 Å². The predicted molar refractivity (Wildman–Crippen MR) is 116 cm³/mol. The van der Waals surface area contributed by atoms with Gasteiger partial charge in [0.05, 0.1) is 16.1 Å². The Morgan fingerprint density at radius 3 is 2.38 bits per heavy atom. The Hall–Kier alpha value is -3.04. The van der Waals surface area contributed by atoms with Gasteiger partial charge < -0.3 is 4.98 Å². The minimum atomic E-state index is -3.49. The van der Waals surface area contributed by atoms with E-state index in [4.69, 9.17) is 0 Å². The van der Waals surface area contributed by atoms with Gasteiger partial charge in [-0.2, -0.15) is 5.21 Å². The molecule has 2 heterocycles. The molecule has 29 heavy (non-hydrogen) atoms. The van der Waals surface area contributed by atoms with Gasteiger partial charge in [-0.3, -0.25) is 0 Å². The molecule has 2 aromatic heterocycles. The second kappa shape index (κ2) is 7.09. The van der Waals surface area contributed by atoms with Gasteiger partial charge in [-0.05, 0) is 34.4 Å². The van der Waals surface area contributed by atoms with E-state index < -0.39 is 10.0 Å². The number of nitrogens with one attached hydrogen (secondary N) is 2. The van der Waals surface area contributed by atoms with Crippen LogP contribution in [-0.2, 0) is 10.0 Å². The minimum absolute atomic E-state index is 0. The van der Waals surface area contributed by atoms with Crippen molar-refractivity contribution in [2.75, 3.05) is 14.1 Å². The van der Waals surface area contributed by atoms with Crippen molar-refractivity contribution in [2.45, 2.75) is 24.7 Å². The van der Waals surface area contributed by atoms with Crippen molar-refractivity contribution in [3.63, 3.8) is 0 Å². The van der Waals surface area contributed by atoms with E-state index in [2.05, 4.69) is 45.5 Å². The molecule has 0 aliphatic rings. The first-order valence-electron chi connectivity index (χ1n) is 9.22. The number of tetrazole rings is 1. The molecule has 154 valence electrons. The maximum Gasteiger partial charge on any atom is 0.242 e. The molecule has 0 saturated carbocycles. The summed E-state index contributed by atoms with van der Waals surface area (Å²) in [6, 6.07) is 13.0. The smallest absolute Gasteiger partial charge is 0.242 e. The third-order valence-electron chi connectivity index (χ3n) is 4.98. The summed E-state index contributed by atoms with van der Waals surface area (Å²) in [6.07, 6.45) is 0. The van der Waals surface area contributed by atoms with Crippen LogP contribution in [0.1, 0.15) is 28.2 Å². The van der Waals surface area contributed by atoms with Gasteiger partial charge in [-0.25, -0.2) is 12.7 Å². The summed E-state index contributed by atoms with van der Waals surface area (Å²) in [5, 5.41) is 15.5. The topological polar surface area (TPSA) is 108 Å². The van der Waals surface area contributed by atoms with Gasteiger partial charge >= 0.3 is 0 Å². The quantitative estimate of drug-likeness (QED) is 0.515. The fourth-order valence-electron chi connectivity index (χ4n) is 3.46.